The van der Waals surface area contributed by atoms with Crippen LogP contribution in [0, 0.1) is 0 Å². The van der Waals surface area contributed by atoms with Crippen molar-refractivity contribution in [3.05, 3.63) is 0 Å². The highest BCUT2D eigenvalue weighted by Crippen LogP contribution is 2.20. The molecule has 4 nitrogen and oxygen atoms in total. The summed E-state index contributed by atoms with van der Waals surface area (Å²) in [6, 6.07) is 0. The van der Waals surface area contributed by atoms with Crippen molar-refractivity contribution in [1.82, 2.24) is 10.2 Å². The molecule has 0 spiro atoms. The van der Waals surface area contributed by atoms with E-state index in [0.717, 1.165) is 45.8 Å². The zero-order valence-electron chi connectivity index (χ0n) is 11.7. The van der Waals surface area contributed by atoms with Crippen LogP contribution in [-0.2, 0) is 9.47 Å². The van der Waals surface area contributed by atoms with Crippen molar-refractivity contribution < 1.29 is 9.47 Å². The average Bonchev–Trinajstić information content (AvgIpc) is 2.65. The summed E-state index contributed by atoms with van der Waals surface area (Å²) in [4.78, 5) is 2.50. The van der Waals surface area contributed by atoms with Gasteiger partial charge in [0.1, 0.15) is 0 Å². The molecule has 106 valence electrons. The standard InChI is InChI=1S/C14H28N2O2/c1-2-6-15-11-13-4-5-14(18-13)12-16-7-3-9-17-10-8-16/h13-15H,2-12H2,1H3. The van der Waals surface area contributed by atoms with E-state index in [1.54, 1.807) is 0 Å². The maximum Gasteiger partial charge on any atom is 0.0707 e. The van der Waals surface area contributed by atoms with Crippen LogP contribution in [0.4, 0.5) is 0 Å². The minimum absolute atomic E-state index is 0.435. The SMILES string of the molecule is CCCNCC1CCC(CN2CCCOCC2)O1. The molecule has 4 heteroatoms. The van der Waals surface area contributed by atoms with E-state index in [-0.39, 0.29) is 0 Å². The van der Waals surface area contributed by atoms with Gasteiger partial charge in [-0.05, 0) is 32.2 Å². The van der Waals surface area contributed by atoms with Crippen LogP contribution in [0.25, 0.3) is 0 Å². The predicted octanol–water partition coefficient (Wildman–Crippen LogP) is 1.26. The minimum Gasteiger partial charge on any atom is -0.380 e. The molecule has 0 saturated carbocycles. The van der Waals surface area contributed by atoms with Gasteiger partial charge in [-0.25, -0.2) is 0 Å². The second-order valence-corrected chi connectivity index (χ2v) is 5.43. The van der Waals surface area contributed by atoms with E-state index < -0.39 is 0 Å². The Morgan fingerprint density at radius 3 is 2.94 bits per heavy atom. The van der Waals surface area contributed by atoms with Gasteiger partial charge in [0.15, 0.2) is 0 Å². The van der Waals surface area contributed by atoms with Gasteiger partial charge in [0, 0.05) is 32.8 Å². The van der Waals surface area contributed by atoms with Crippen LogP contribution in [-0.4, -0.2) is 63.0 Å². The summed E-state index contributed by atoms with van der Waals surface area (Å²) in [5.41, 5.74) is 0. The van der Waals surface area contributed by atoms with Gasteiger partial charge < -0.3 is 14.8 Å². The molecule has 18 heavy (non-hydrogen) atoms. The van der Waals surface area contributed by atoms with E-state index >= 15 is 0 Å². The number of ether oxygens (including phenoxy) is 2. The summed E-state index contributed by atoms with van der Waals surface area (Å²) < 4.78 is 11.6. The number of nitrogens with zero attached hydrogens (tertiary/aromatic N) is 1. The second-order valence-electron chi connectivity index (χ2n) is 5.43. The van der Waals surface area contributed by atoms with E-state index in [9.17, 15) is 0 Å². The Bertz CT molecular complexity index is 218. The smallest absolute Gasteiger partial charge is 0.0707 e. The lowest BCUT2D eigenvalue weighted by atomic mass is 10.2. The summed E-state index contributed by atoms with van der Waals surface area (Å²) in [5, 5.41) is 3.45. The van der Waals surface area contributed by atoms with Crippen LogP contribution in [0.3, 0.4) is 0 Å². The molecule has 0 aromatic carbocycles. The van der Waals surface area contributed by atoms with Crippen molar-refractivity contribution in [2.75, 3.05) is 45.9 Å². The zero-order valence-corrected chi connectivity index (χ0v) is 11.7. The first-order valence-electron chi connectivity index (χ1n) is 7.54. The number of hydrogen-bond acceptors (Lipinski definition) is 4. The van der Waals surface area contributed by atoms with Gasteiger partial charge in [-0.1, -0.05) is 6.92 Å². The molecule has 2 heterocycles. The highest BCUT2D eigenvalue weighted by molar-refractivity contribution is 4.78. The van der Waals surface area contributed by atoms with Crippen molar-refractivity contribution in [2.45, 2.75) is 44.8 Å². The first kappa shape index (κ1) is 14.3. The van der Waals surface area contributed by atoms with Crippen molar-refractivity contribution in [2.24, 2.45) is 0 Å². The minimum atomic E-state index is 0.435. The molecule has 2 fully saturated rings. The van der Waals surface area contributed by atoms with Gasteiger partial charge in [-0.3, -0.25) is 4.90 Å². The lowest BCUT2D eigenvalue weighted by molar-refractivity contribution is 0.0229. The Morgan fingerprint density at radius 1 is 1.17 bits per heavy atom. The summed E-state index contributed by atoms with van der Waals surface area (Å²) in [6.07, 6.45) is 5.67. The quantitative estimate of drug-likeness (QED) is 0.725. The summed E-state index contributed by atoms with van der Waals surface area (Å²) in [7, 11) is 0. The van der Waals surface area contributed by atoms with Gasteiger partial charge in [-0.2, -0.15) is 0 Å². The largest absolute Gasteiger partial charge is 0.380 e. The van der Waals surface area contributed by atoms with Crippen LogP contribution in [0.15, 0.2) is 0 Å². The van der Waals surface area contributed by atoms with Crippen LogP contribution in [0.5, 0.6) is 0 Å². The predicted molar refractivity (Wildman–Crippen MR) is 72.9 cm³/mol. The highest BCUT2D eigenvalue weighted by atomic mass is 16.5. The first-order chi connectivity index (χ1) is 8.88. The normalized spacial score (nSPS) is 30.5. The van der Waals surface area contributed by atoms with Crippen LogP contribution in [0.1, 0.15) is 32.6 Å². The Hall–Kier alpha value is -0.160. The first-order valence-corrected chi connectivity index (χ1v) is 7.54. The fraction of sp³-hybridized carbons (Fsp3) is 1.00. The third-order valence-electron chi connectivity index (χ3n) is 3.77. The number of rotatable bonds is 6. The van der Waals surface area contributed by atoms with Crippen LogP contribution in [0.2, 0.25) is 0 Å². The lowest BCUT2D eigenvalue weighted by Gasteiger charge is -2.23. The Balaban J connectivity index is 1.62. The molecule has 0 aromatic heterocycles. The fourth-order valence-corrected chi connectivity index (χ4v) is 2.77. The Labute approximate surface area is 111 Å². The van der Waals surface area contributed by atoms with E-state index in [1.807, 2.05) is 0 Å². The van der Waals surface area contributed by atoms with Crippen molar-refractivity contribution in [1.29, 1.82) is 0 Å². The topological polar surface area (TPSA) is 33.7 Å². The van der Waals surface area contributed by atoms with Crippen molar-refractivity contribution >= 4 is 0 Å². The summed E-state index contributed by atoms with van der Waals surface area (Å²) in [5.74, 6) is 0. The summed E-state index contributed by atoms with van der Waals surface area (Å²) >= 11 is 0. The van der Waals surface area contributed by atoms with Gasteiger partial charge in [-0.15, -0.1) is 0 Å². The Morgan fingerprint density at radius 2 is 2.06 bits per heavy atom. The molecule has 0 bridgehead atoms. The maximum absolute atomic E-state index is 6.11. The molecule has 0 aliphatic carbocycles. The van der Waals surface area contributed by atoms with E-state index in [2.05, 4.69) is 17.1 Å². The maximum atomic E-state index is 6.11. The molecule has 0 aromatic rings. The van der Waals surface area contributed by atoms with Crippen LogP contribution < -0.4 is 5.32 Å². The van der Waals surface area contributed by atoms with Crippen molar-refractivity contribution in [3.63, 3.8) is 0 Å². The zero-order chi connectivity index (χ0) is 12.6. The average molecular weight is 256 g/mol. The van der Waals surface area contributed by atoms with Gasteiger partial charge in [0.2, 0.25) is 0 Å². The molecule has 0 amide bonds. The number of hydrogen-bond donors (Lipinski definition) is 1. The van der Waals surface area contributed by atoms with Crippen molar-refractivity contribution in [3.8, 4) is 0 Å². The van der Waals surface area contributed by atoms with Gasteiger partial charge in [0.05, 0.1) is 18.8 Å². The van der Waals surface area contributed by atoms with E-state index in [4.69, 9.17) is 9.47 Å². The summed E-state index contributed by atoms with van der Waals surface area (Å²) in [6.45, 7) is 9.46. The molecule has 2 saturated heterocycles. The lowest BCUT2D eigenvalue weighted by Crippen LogP contribution is -2.35. The van der Waals surface area contributed by atoms with Gasteiger partial charge >= 0.3 is 0 Å². The molecule has 0 radical (unpaired) electrons. The molecular weight excluding hydrogens is 228 g/mol. The third-order valence-corrected chi connectivity index (χ3v) is 3.77. The van der Waals surface area contributed by atoms with Gasteiger partial charge in [0.25, 0.3) is 0 Å². The van der Waals surface area contributed by atoms with Crippen LogP contribution >= 0.6 is 0 Å². The molecule has 2 rings (SSSR count). The van der Waals surface area contributed by atoms with E-state index in [1.165, 1.54) is 25.8 Å². The molecule has 2 unspecified atom stereocenters. The molecule has 1 N–H and O–H groups in total. The molecule has 2 aliphatic heterocycles. The third kappa shape index (κ3) is 4.84. The Kier molecular flexibility index (Phi) is 6.41. The highest BCUT2D eigenvalue weighted by Gasteiger charge is 2.26. The monoisotopic (exact) mass is 256 g/mol. The second kappa shape index (κ2) is 8.10. The molecule has 2 atom stereocenters. The molecule has 2 aliphatic rings. The molecular formula is C14H28N2O2. The fourth-order valence-electron chi connectivity index (χ4n) is 2.77. The van der Waals surface area contributed by atoms with E-state index in [0.29, 0.717) is 12.2 Å². The number of nitrogens with one attached hydrogen (secondary N) is 1.